The minimum absolute atomic E-state index is 0.175. The van der Waals surface area contributed by atoms with E-state index in [0.717, 1.165) is 5.56 Å². The summed E-state index contributed by atoms with van der Waals surface area (Å²) in [4.78, 5) is 17.7. The average Bonchev–Trinajstić information content (AvgIpc) is 2.43. The number of benzene rings is 1. The Bertz CT molecular complexity index is 629. The molecule has 20 heavy (non-hydrogen) atoms. The van der Waals surface area contributed by atoms with E-state index in [2.05, 4.69) is 4.98 Å². The highest BCUT2D eigenvalue weighted by Gasteiger charge is 2.14. The summed E-state index contributed by atoms with van der Waals surface area (Å²) < 4.78 is 0. The monoisotopic (exact) mass is 328 g/mol. The van der Waals surface area contributed by atoms with Crippen molar-refractivity contribution >= 4 is 40.7 Å². The summed E-state index contributed by atoms with van der Waals surface area (Å²) in [5, 5.41) is 1.11. The third-order valence-electron chi connectivity index (χ3n) is 2.72. The smallest absolute Gasteiger partial charge is 0.255 e. The summed E-state index contributed by atoms with van der Waals surface area (Å²) in [7, 11) is 1.71. The molecule has 0 saturated carbocycles. The maximum absolute atomic E-state index is 12.2. The van der Waals surface area contributed by atoms with Gasteiger partial charge in [-0.1, -0.05) is 46.9 Å². The molecule has 0 radical (unpaired) electrons. The molecule has 0 atom stereocenters. The molecule has 2 aromatic rings. The molecule has 104 valence electrons. The molecule has 1 heterocycles. The molecule has 1 aromatic carbocycles. The van der Waals surface area contributed by atoms with E-state index >= 15 is 0 Å². The second-order valence-corrected chi connectivity index (χ2v) is 5.49. The zero-order valence-electron chi connectivity index (χ0n) is 10.6. The van der Waals surface area contributed by atoms with E-state index in [-0.39, 0.29) is 16.1 Å². The van der Waals surface area contributed by atoms with Crippen molar-refractivity contribution in [3.05, 3.63) is 62.9 Å². The van der Waals surface area contributed by atoms with Crippen molar-refractivity contribution in [3.8, 4) is 0 Å². The highest BCUT2D eigenvalue weighted by Crippen LogP contribution is 2.20. The summed E-state index contributed by atoms with van der Waals surface area (Å²) >= 11 is 17.4. The maximum atomic E-state index is 12.2. The van der Waals surface area contributed by atoms with Crippen LogP contribution in [0.5, 0.6) is 0 Å². The van der Waals surface area contributed by atoms with Gasteiger partial charge in [-0.2, -0.15) is 0 Å². The highest BCUT2D eigenvalue weighted by molar-refractivity contribution is 6.41. The van der Waals surface area contributed by atoms with E-state index in [1.807, 2.05) is 12.1 Å². The summed E-state index contributed by atoms with van der Waals surface area (Å²) in [5.41, 5.74) is 1.38. The Morgan fingerprint density at radius 3 is 2.45 bits per heavy atom. The molecule has 1 aromatic heterocycles. The Kier molecular flexibility index (Phi) is 4.86. The molecule has 0 bridgehead atoms. The number of carbonyl (C=O) groups excluding carboxylic acids is 1. The van der Waals surface area contributed by atoms with Crippen LogP contribution in [0.1, 0.15) is 15.9 Å². The largest absolute Gasteiger partial charge is 0.337 e. The molecule has 6 heteroatoms. The van der Waals surface area contributed by atoms with Gasteiger partial charge in [0, 0.05) is 24.8 Å². The van der Waals surface area contributed by atoms with Gasteiger partial charge in [-0.25, -0.2) is 4.98 Å². The SMILES string of the molecule is CN(Cc1ccc(Cl)cc1)C(=O)c1cnc(Cl)c(Cl)c1. The quantitative estimate of drug-likeness (QED) is 0.786. The van der Waals surface area contributed by atoms with Gasteiger partial charge in [0.2, 0.25) is 0 Å². The Balaban J connectivity index is 2.11. The van der Waals surface area contributed by atoms with Gasteiger partial charge in [0.25, 0.3) is 5.91 Å². The molecule has 0 aliphatic carbocycles. The predicted octanol–water partition coefficient (Wildman–Crippen LogP) is 4.31. The lowest BCUT2D eigenvalue weighted by Gasteiger charge is -2.17. The molecule has 3 nitrogen and oxygen atoms in total. The molecule has 0 aliphatic rings. The van der Waals surface area contributed by atoms with Crippen LogP contribution in [0, 0.1) is 0 Å². The van der Waals surface area contributed by atoms with Gasteiger partial charge in [-0.3, -0.25) is 4.79 Å². The summed E-state index contributed by atoms with van der Waals surface area (Å²) in [5.74, 6) is -0.175. The molecule has 0 saturated heterocycles. The molecule has 0 N–H and O–H groups in total. The number of amides is 1. The fourth-order valence-electron chi connectivity index (χ4n) is 1.69. The van der Waals surface area contributed by atoms with Crippen LogP contribution in [0.4, 0.5) is 0 Å². The maximum Gasteiger partial charge on any atom is 0.255 e. The minimum Gasteiger partial charge on any atom is -0.337 e. The van der Waals surface area contributed by atoms with E-state index in [1.165, 1.54) is 12.3 Å². The van der Waals surface area contributed by atoms with Crippen molar-refractivity contribution in [1.82, 2.24) is 9.88 Å². The average molecular weight is 330 g/mol. The predicted molar refractivity (Wildman–Crippen MR) is 81.5 cm³/mol. The molecule has 0 fully saturated rings. The molecular formula is C14H11Cl3N2O. The van der Waals surface area contributed by atoms with Crippen LogP contribution in [0.3, 0.4) is 0 Å². The number of pyridine rings is 1. The number of aromatic nitrogens is 1. The topological polar surface area (TPSA) is 33.2 Å². The van der Waals surface area contributed by atoms with Gasteiger partial charge < -0.3 is 4.90 Å². The van der Waals surface area contributed by atoms with Gasteiger partial charge >= 0.3 is 0 Å². The standard InChI is InChI=1S/C14H11Cl3N2O/c1-19(8-9-2-4-11(15)5-3-9)14(20)10-6-12(16)13(17)18-7-10/h2-7H,8H2,1H3. The third kappa shape index (κ3) is 3.63. The van der Waals surface area contributed by atoms with Crippen LogP contribution in [0.15, 0.2) is 36.5 Å². The Morgan fingerprint density at radius 2 is 1.85 bits per heavy atom. The van der Waals surface area contributed by atoms with E-state index in [1.54, 1.807) is 24.1 Å². The van der Waals surface area contributed by atoms with Crippen molar-refractivity contribution in [3.63, 3.8) is 0 Å². The van der Waals surface area contributed by atoms with Gasteiger partial charge in [0.05, 0.1) is 10.6 Å². The van der Waals surface area contributed by atoms with Crippen LogP contribution in [0.2, 0.25) is 15.2 Å². The normalized spacial score (nSPS) is 10.4. The van der Waals surface area contributed by atoms with Crippen LogP contribution in [0.25, 0.3) is 0 Å². The number of carbonyl (C=O) groups is 1. The molecule has 0 spiro atoms. The molecular weight excluding hydrogens is 319 g/mol. The molecule has 0 aliphatic heterocycles. The van der Waals surface area contributed by atoms with Gasteiger partial charge in [-0.05, 0) is 23.8 Å². The summed E-state index contributed by atoms with van der Waals surface area (Å²) in [6, 6.07) is 8.84. The molecule has 2 rings (SSSR count). The number of rotatable bonds is 3. The molecule has 0 unspecified atom stereocenters. The molecule has 1 amide bonds. The van der Waals surface area contributed by atoms with Gasteiger partial charge in [0.15, 0.2) is 0 Å². The second-order valence-electron chi connectivity index (χ2n) is 4.28. The van der Waals surface area contributed by atoms with Crippen molar-refractivity contribution in [2.24, 2.45) is 0 Å². The first-order valence-electron chi connectivity index (χ1n) is 5.78. The minimum atomic E-state index is -0.175. The van der Waals surface area contributed by atoms with Crippen molar-refractivity contribution < 1.29 is 4.79 Å². The number of nitrogens with zero attached hydrogens (tertiary/aromatic N) is 2. The highest BCUT2D eigenvalue weighted by atomic mass is 35.5. The van der Waals surface area contributed by atoms with Crippen molar-refractivity contribution in [2.75, 3.05) is 7.05 Å². The third-order valence-corrected chi connectivity index (χ3v) is 3.66. The number of halogens is 3. The van der Waals surface area contributed by atoms with E-state index < -0.39 is 0 Å². The second kappa shape index (κ2) is 6.44. The zero-order chi connectivity index (χ0) is 14.7. The zero-order valence-corrected chi connectivity index (χ0v) is 12.9. The lowest BCUT2D eigenvalue weighted by molar-refractivity contribution is 0.0784. The first kappa shape index (κ1) is 15.1. The lowest BCUT2D eigenvalue weighted by Crippen LogP contribution is -2.26. The van der Waals surface area contributed by atoms with E-state index in [4.69, 9.17) is 34.8 Å². The lowest BCUT2D eigenvalue weighted by atomic mass is 10.2. The first-order valence-corrected chi connectivity index (χ1v) is 6.91. The number of hydrogen-bond acceptors (Lipinski definition) is 2. The summed E-state index contributed by atoms with van der Waals surface area (Å²) in [6.07, 6.45) is 1.41. The summed E-state index contributed by atoms with van der Waals surface area (Å²) in [6.45, 7) is 0.468. The van der Waals surface area contributed by atoms with Crippen molar-refractivity contribution in [1.29, 1.82) is 0 Å². The van der Waals surface area contributed by atoms with Crippen molar-refractivity contribution in [2.45, 2.75) is 6.54 Å². The fourth-order valence-corrected chi connectivity index (χ4v) is 2.09. The van der Waals surface area contributed by atoms with Crippen LogP contribution in [-0.2, 0) is 6.54 Å². The first-order chi connectivity index (χ1) is 9.47. The Morgan fingerprint density at radius 1 is 1.20 bits per heavy atom. The Hall–Kier alpha value is -1.29. The van der Waals surface area contributed by atoms with Crippen LogP contribution >= 0.6 is 34.8 Å². The van der Waals surface area contributed by atoms with Gasteiger partial charge in [-0.15, -0.1) is 0 Å². The van der Waals surface area contributed by atoms with Gasteiger partial charge in [0.1, 0.15) is 5.15 Å². The van der Waals surface area contributed by atoms with Crippen LogP contribution in [-0.4, -0.2) is 22.8 Å². The Labute approximate surface area is 132 Å². The number of hydrogen-bond donors (Lipinski definition) is 0. The van der Waals surface area contributed by atoms with E-state index in [0.29, 0.717) is 17.1 Å². The van der Waals surface area contributed by atoms with Crippen LogP contribution < -0.4 is 0 Å². The van der Waals surface area contributed by atoms with E-state index in [9.17, 15) is 4.79 Å². The fraction of sp³-hybridized carbons (Fsp3) is 0.143.